The van der Waals surface area contributed by atoms with E-state index in [1.165, 1.54) is 0 Å². The van der Waals surface area contributed by atoms with Gasteiger partial charge in [0.25, 0.3) is 5.56 Å². The molecular formula is C15H15N3O. The molecule has 0 aromatic carbocycles. The summed E-state index contributed by atoms with van der Waals surface area (Å²) in [4.78, 5) is 19.6. The van der Waals surface area contributed by atoms with Crippen LogP contribution in [0.5, 0.6) is 0 Å². The molecule has 3 heterocycles. The normalized spacial score (nSPS) is 11.1. The second kappa shape index (κ2) is 4.09. The number of hydrogen-bond acceptors (Lipinski definition) is 2. The van der Waals surface area contributed by atoms with Crippen molar-refractivity contribution in [1.29, 1.82) is 0 Å². The van der Waals surface area contributed by atoms with E-state index >= 15 is 0 Å². The van der Waals surface area contributed by atoms with Gasteiger partial charge < -0.3 is 9.55 Å². The van der Waals surface area contributed by atoms with Crippen LogP contribution < -0.4 is 5.56 Å². The number of aromatic amines is 1. The van der Waals surface area contributed by atoms with Crippen molar-refractivity contribution in [2.45, 2.75) is 13.8 Å². The summed E-state index contributed by atoms with van der Waals surface area (Å²) in [5.74, 6) is 0. The summed E-state index contributed by atoms with van der Waals surface area (Å²) in [6, 6.07) is 7.98. The molecular weight excluding hydrogens is 238 g/mol. The van der Waals surface area contributed by atoms with Crippen LogP contribution in [-0.2, 0) is 7.05 Å². The molecule has 0 saturated heterocycles. The summed E-state index contributed by atoms with van der Waals surface area (Å²) < 4.78 is 1.58. The van der Waals surface area contributed by atoms with Crippen LogP contribution in [0.25, 0.3) is 22.2 Å². The van der Waals surface area contributed by atoms with E-state index in [9.17, 15) is 4.79 Å². The molecule has 4 nitrogen and oxygen atoms in total. The largest absolute Gasteiger partial charge is 0.350 e. The fourth-order valence-corrected chi connectivity index (χ4v) is 2.36. The van der Waals surface area contributed by atoms with Gasteiger partial charge in [-0.15, -0.1) is 0 Å². The minimum Gasteiger partial charge on any atom is -0.350 e. The third-order valence-corrected chi connectivity index (χ3v) is 3.25. The van der Waals surface area contributed by atoms with Crippen LogP contribution in [0.15, 0.2) is 35.3 Å². The Balaban J connectivity index is 2.26. The predicted octanol–water partition coefficient (Wildman–Crippen LogP) is 2.55. The van der Waals surface area contributed by atoms with Crippen LogP contribution >= 0.6 is 0 Å². The third kappa shape index (κ3) is 1.95. The van der Waals surface area contributed by atoms with Crippen molar-refractivity contribution in [3.05, 3.63) is 52.2 Å². The fraction of sp³-hybridized carbons (Fsp3) is 0.200. The van der Waals surface area contributed by atoms with E-state index in [-0.39, 0.29) is 5.56 Å². The van der Waals surface area contributed by atoms with Crippen LogP contribution in [-0.4, -0.2) is 14.5 Å². The number of H-pyrrole nitrogens is 1. The number of nitrogens with one attached hydrogen (secondary N) is 1. The zero-order valence-electron chi connectivity index (χ0n) is 11.2. The Labute approximate surface area is 110 Å². The van der Waals surface area contributed by atoms with Gasteiger partial charge in [0.05, 0.1) is 0 Å². The zero-order valence-corrected chi connectivity index (χ0v) is 11.2. The first-order valence-corrected chi connectivity index (χ1v) is 6.18. The van der Waals surface area contributed by atoms with E-state index in [0.717, 1.165) is 28.0 Å². The van der Waals surface area contributed by atoms with Gasteiger partial charge in [-0.3, -0.25) is 9.78 Å². The first kappa shape index (κ1) is 11.7. The van der Waals surface area contributed by atoms with Crippen LogP contribution in [0.4, 0.5) is 0 Å². The molecule has 3 rings (SSSR count). The molecule has 0 saturated carbocycles. The number of rotatable bonds is 1. The smallest absolute Gasteiger partial charge is 0.274 e. The summed E-state index contributed by atoms with van der Waals surface area (Å²) in [6.45, 7) is 3.94. The fourth-order valence-electron chi connectivity index (χ4n) is 2.36. The van der Waals surface area contributed by atoms with Crippen LogP contribution in [0.3, 0.4) is 0 Å². The predicted molar refractivity (Wildman–Crippen MR) is 76.2 cm³/mol. The van der Waals surface area contributed by atoms with Crippen LogP contribution in [0, 0.1) is 13.8 Å². The highest BCUT2D eigenvalue weighted by molar-refractivity contribution is 5.85. The van der Waals surface area contributed by atoms with E-state index in [1.54, 1.807) is 17.8 Å². The Morgan fingerprint density at radius 3 is 2.53 bits per heavy atom. The molecule has 96 valence electrons. The molecule has 4 heteroatoms. The number of fused-ring (bicyclic) bond motifs is 1. The lowest BCUT2D eigenvalue weighted by atomic mass is 10.1. The van der Waals surface area contributed by atoms with Crippen molar-refractivity contribution < 1.29 is 0 Å². The summed E-state index contributed by atoms with van der Waals surface area (Å²) in [7, 11) is 1.75. The van der Waals surface area contributed by atoms with Gasteiger partial charge in [0.2, 0.25) is 0 Å². The SMILES string of the molecule is Cc1cc(-c2cc3ccn(C)c(=O)c3[nH]2)cc(C)n1. The minimum absolute atomic E-state index is 0.00810. The number of hydrogen-bond donors (Lipinski definition) is 1. The molecule has 0 aliphatic rings. The van der Waals surface area contributed by atoms with Crippen molar-refractivity contribution in [1.82, 2.24) is 14.5 Å². The number of aryl methyl sites for hydroxylation is 3. The van der Waals surface area contributed by atoms with Gasteiger partial charge in [0.15, 0.2) is 0 Å². The van der Waals surface area contributed by atoms with E-state index in [0.29, 0.717) is 5.52 Å². The topological polar surface area (TPSA) is 50.7 Å². The minimum atomic E-state index is -0.00810. The quantitative estimate of drug-likeness (QED) is 0.724. The molecule has 3 aromatic heterocycles. The molecule has 0 spiro atoms. The lowest BCUT2D eigenvalue weighted by molar-refractivity contribution is 0.870. The Morgan fingerprint density at radius 2 is 1.84 bits per heavy atom. The third-order valence-electron chi connectivity index (χ3n) is 3.25. The van der Waals surface area contributed by atoms with Gasteiger partial charge in [-0.2, -0.15) is 0 Å². The van der Waals surface area contributed by atoms with Gasteiger partial charge in [-0.1, -0.05) is 0 Å². The van der Waals surface area contributed by atoms with Crippen molar-refractivity contribution in [2.24, 2.45) is 7.05 Å². The van der Waals surface area contributed by atoms with E-state index in [1.807, 2.05) is 38.1 Å². The Kier molecular flexibility index (Phi) is 2.52. The zero-order chi connectivity index (χ0) is 13.6. The van der Waals surface area contributed by atoms with Gasteiger partial charge >= 0.3 is 0 Å². The summed E-state index contributed by atoms with van der Waals surface area (Å²) >= 11 is 0. The second-order valence-electron chi connectivity index (χ2n) is 4.88. The van der Waals surface area contributed by atoms with Crippen molar-refractivity contribution in [3.63, 3.8) is 0 Å². The molecule has 0 aliphatic carbocycles. The van der Waals surface area contributed by atoms with Gasteiger partial charge in [0, 0.05) is 41.3 Å². The first-order valence-electron chi connectivity index (χ1n) is 6.18. The average molecular weight is 253 g/mol. The highest BCUT2D eigenvalue weighted by atomic mass is 16.1. The van der Waals surface area contributed by atoms with E-state index in [4.69, 9.17) is 0 Å². The van der Waals surface area contributed by atoms with Crippen molar-refractivity contribution in [3.8, 4) is 11.3 Å². The van der Waals surface area contributed by atoms with Crippen molar-refractivity contribution in [2.75, 3.05) is 0 Å². The van der Waals surface area contributed by atoms with Crippen LogP contribution in [0.1, 0.15) is 11.4 Å². The Hall–Kier alpha value is -2.36. The highest BCUT2D eigenvalue weighted by Crippen LogP contribution is 2.23. The van der Waals surface area contributed by atoms with Gasteiger partial charge in [0.1, 0.15) is 5.52 Å². The maximum Gasteiger partial charge on any atom is 0.274 e. The van der Waals surface area contributed by atoms with Gasteiger partial charge in [-0.05, 0) is 38.1 Å². The van der Waals surface area contributed by atoms with Crippen LogP contribution in [0.2, 0.25) is 0 Å². The Bertz CT molecular complexity index is 807. The monoisotopic (exact) mass is 253 g/mol. The number of nitrogens with zero attached hydrogens (tertiary/aromatic N) is 2. The molecule has 1 N–H and O–H groups in total. The van der Waals surface area contributed by atoms with E-state index < -0.39 is 0 Å². The Morgan fingerprint density at radius 1 is 1.16 bits per heavy atom. The standard InChI is InChI=1S/C15H15N3O/c1-9-6-12(7-10(2)16-9)13-8-11-4-5-18(3)15(19)14(11)17-13/h4-8,17H,1-3H3. The average Bonchev–Trinajstić information content (AvgIpc) is 2.77. The maximum atomic E-state index is 12.0. The number of pyridine rings is 2. The number of aromatic nitrogens is 3. The van der Waals surface area contributed by atoms with Gasteiger partial charge in [-0.25, -0.2) is 0 Å². The molecule has 0 amide bonds. The molecule has 0 atom stereocenters. The summed E-state index contributed by atoms with van der Waals surface area (Å²) in [5, 5.41) is 0.935. The maximum absolute atomic E-state index is 12.0. The lowest BCUT2D eigenvalue weighted by Crippen LogP contribution is -2.15. The molecule has 0 bridgehead atoms. The lowest BCUT2D eigenvalue weighted by Gasteiger charge is -2.01. The molecule has 0 aliphatic heterocycles. The summed E-state index contributed by atoms with van der Waals surface area (Å²) in [5.41, 5.74) is 4.59. The molecule has 3 aromatic rings. The molecule has 0 fully saturated rings. The summed E-state index contributed by atoms with van der Waals surface area (Å²) in [6.07, 6.45) is 1.78. The molecule has 0 unspecified atom stereocenters. The first-order chi connectivity index (χ1) is 9.04. The van der Waals surface area contributed by atoms with Crippen molar-refractivity contribution >= 4 is 10.9 Å². The second-order valence-corrected chi connectivity index (χ2v) is 4.88. The highest BCUT2D eigenvalue weighted by Gasteiger charge is 2.08. The van der Waals surface area contributed by atoms with E-state index in [2.05, 4.69) is 9.97 Å². The molecule has 0 radical (unpaired) electrons. The molecule has 19 heavy (non-hydrogen) atoms.